The van der Waals surface area contributed by atoms with Crippen molar-refractivity contribution in [2.45, 2.75) is 32.4 Å². The van der Waals surface area contributed by atoms with E-state index in [0.29, 0.717) is 6.17 Å². The first-order valence-electron chi connectivity index (χ1n) is 4.21. The second-order valence-electron chi connectivity index (χ2n) is 2.96. The average Bonchev–Trinajstić information content (AvgIpc) is 2.05. The molecule has 1 aliphatic rings. The van der Waals surface area contributed by atoms with Gasteiger partial charge in [-0.05, 0) is 32.9 Å². The number of rotatable bonds is 2. The monoisotopic (exact) mass is 141 g/mol. The Kier molecular flexibility index (Phi) is 3.16. The molecule has 1 fully saturated rings. The molecule has 0 aliphatic carbocycles. The SMILES string of the molecule is CCN(C)C1CCCC[N]1. The van der Waals surface area contributed by atoms with Gasteiger partial charge >= 0.3 is 0 Å². The number of piperidine rings is 1. The van der Waals surface area contributed by atoms with Crippen LogP contribution in [0.2, 0.25) is 0 Å². The summed E-state index contributed by atoms with van der Waals surface area (Å²) in [5.41, 5.74) is 0. The molecule has 0 spiro atoms. The molecule has 1 radical (unpaired) electrons. The van der Waals surface area contributed by atoms with Crippen LogP contribution in [0.4, 0.5) is 0 Å². The van der Waals surface area contributed by atoms with Crippen LogP contribution in [0.25, 0.3) is 0 Å². The Morgan fingerprint density at radius 2 is 2.30 bits per heavy atom. The van der Waals surface area contributed by atoms with Gasteiger partial charge in [-0.15, -0.1) is 0 Å². The van der Waals surface area contributed by atoms with Gasteiger partial charge in [0.05, 0.1) is 6.17 Å². The van der Waals surface area contributed by atoms with Crippen molar-refractivity contribution in [1.29, 1.82) is 0 Å². The van der Waals surface area contributed by atoms with Crippen molar-refractivity contribution in [3.05, 3.63) is 0 Å². The van der Waals surface area contributed by atoms with Crippen LogP contribution in [0, 0.1) is 0 Å². The lowest BCUT2D eigenvalue weighted by molar-refractivity contribution is 0.174. The number of nitrogens with zero attached hydrogens (tertiary/aromatic N) is 2. The Labute approximate surface area is 63.6 Å². The summed E-state index contributed by atoms with van der Waals surface area (Å²) in [6, 6.07) is 0. The fourth-order valence-corrected chi connectivity index (χ4v) is 1.34. The highest BCUT2D eigenvalue weighted by atomic mass is 15.2. The van der Waals surface area contributed by atoms with Gasteiger partial charge in [0.1, 0.15) is 0 Å². The zero-order chi connectivity index (χ0) is 7.40. The van der Waals surface area contributed by atoms with Crippen molar-refractivity contribution in [3.63, 3.8) is 0 Å². The van der Waals surface area contributed by atoms with E-state index in [2.05, 4.69) is 24.2 Å². The minimum absolute atomic E-state index is 0.527. The van der Waals surface area contributed by atoms with Gasteiger partial charge in [-0.3, -0.25) is 4.90 Å². The Balaban J connectivity index is 2.24. The second-order valence-corrected chi connectivity index (χ2v) is 2.96. The summed E-state index contributed by atoms with van der Waals surface area (Å²) in [5, 5.41) is 4.53. The van der Waals surface area contributed by atoms with Gasteiger partial charge in [0.25, 0.3) is 0 Å². The molecule has 2 heteroatoms. The molecule has 0 aromatic carbocycles. The third-order valence-electron chi connectivity index (χ3n) is 2.22. The molecule has 0 bridgehead atoms. The van der Waals surface area contributed by atoms with E-state index in [4.69, 9.17) is 0 Å². The maximum atomic E-state index is 4.53. The quantitative estimate of drug-likeness (QED) is 0.562. The highest BCUT2D eigenvalue weighted by Gasteiger charge is 2.16. The Bertz CT molecular complexity index is 87.3. The highest BCUT2D eigenvalue weighted by Crippen LogP contribution is 2.10. The topological polar surface area (TPSA) is 17.3 Å². The molecule has 1 aliphatic heterocycles. The first-order chi connectivity index (χ1) is 4.84. The van der Waals surface area contributed by atoms with Gasteiger partial charge in [-0.1, -0.05) is 6.92 Å². The Hall–Kier alpha value is -0.0800. The van der Waals surface area contributed by atoms with Crippen LogP contribution in [0.3, 0.4) is 0 Å². The molecular weight excluding hydrogens is 124 g/mol. The van der Waals surface area contributed by atoms with Crippen LogP contribution >= 0.6 is 0 Å². The first-order valence-corrected chi connectivity index (χ1v) is 4.21. The van der Waals surface area contributed by atoms with Gasteiger partial charge in [0.15, 0.2) is 0 Å². The lowest BCUT2D eigenvalue weighted by Crippen LogP contribution is -2.41. The molecule has 1 unspecified atom stereocenters. The lowest BCUT2D eigenvalue weighted by atomic mass is 10.1. The Morgan fingerprint density at radius 3 is 2.80 bits per heavy atom. The van der Waals surface area contributed by atoms with E-state index >= 15 is 0 Å². The van der Waals surface area contributed by atoms with Gasteiger partial charge in [-0.2, -0.15) is 0 Å². The van der Waals surface area contributed by atoms with E-state index in [1.165, 1.54) is 19.3 Å². The molecule has 0 aromatic heterocycles. The summed E-state index contributed by atoms with van der Waals surface area (Å²) in [7, 11) is 2.15. The third kappa shape index (κ3) is 1.96. The maximum Gasteiger partial charge on any atom is 0.0758 e. The third-order valence-corrected chi connectivity index (χ3v) is 2.22. The molecule has 1 saturated heterocycles. The van der Waals surface area contributed by atoms with Crippen molar-refractivity contribution in [3.8, 4) is 0 Å². The van der Waals surface area contributed by atoms with Crippen LogP contribution in [0.5, 0.6) is 0 Å². The van der Waals surface area contributed by atoms with E-state index in [1.807, 2.05) is 0 Å². The molecular formula is C8H17N2. The predicted molar refractivity (Wildman–Crippen MR) is 42.9 cm³/mol. The van der Waals surface area contributed by atoms with Gasteiger partial charge < -0.3 is 0 Å². The molecule has 2 nitrogen and oxygen atoms in total. The average molecular weight is 141 g/mol. The summed E-state index contributed by atoms with van der Waals surface area (Å²) in [4.78, 5) is 2.32. The van der Waals surface area contributed by atoms with Crippen molar-refractivity contribution in [1.82, 2.24) is 10.2 Å². The molecule has 0 N–H and O–H groups in total. The zero-order valence-electron chi connectivity index (χ0n) is 7.01. The summed E-state index contributed by atoms with van der Waals surface area (Å²) in [6.07, 6.45) is 4.45. The summed E-state index contributed by atoms with van der Waals surface area (Å²) >= 11 is 0. The molecule has 1 heterocycles. The fraction of sp³-hybridized carbons (Fsp3) is 1.00. The molecule has 10 heavy (non-hydrogen) atoms. The van der Waals surface area contributed by atoms with Gasteiger partial charge in [-0.25, -0.2) is 5.32 Å². The van der Waals surface area contributed by atoms with E-state index in [0.717, 1.165) is 13.1 Å². The molecule has 0 saturated carbocycles. The zero-order valence-corrected chi connectivity index (χ0v) is 7.01. The maximum absolute atomic E-state index is 4.53. The molecule has 1 atom stereocenters. The van der Waals surface area contributed by atoms with Crippen molar-refractivity contribution < 1.29 is 0 Å². The first kappa shape index (κ1) is 8.02. The lowest BCUT2D eigenvalue weighted by Gasteiger charge is -2.29. The van der Waals surface area contributed by atoms with Crippen LogP contribution in [0.1, 0.15) is 26.2 Å². The number of hydrogen-bond acceptors (Lipinski definition) is 1. The van der Waals surface area contributed by atoms with E-state index in [1.54, 1.807) is 0 Å². The van der Waals surface area contributed by atoms with Crippen molar-refractivity contribution in [2.24, 2.45) is 0 Å². The van der Waals surface area contributed by atoms with Crippen molar-refractivity contribution >= 4 is 0 Å². The van der Waals surface area contributed by atoms with E-state index in [9.17, 15) is 0 Å². The predicted octanol–water partition coefficient (Wildman–Crippen LogP) is 1.05. The number of hydrogen-bond donors (Lipinski definition) is 0. The largest absolute Gasteiger partial charge is 0.290 e. The van der Waals surface area contributed by atoms with Gasteiger partial charge in [0, 0.05) is 6.54 Å². The highest BCUT2D eigenvalue weighted by molar-refractivity contribution is 4.69. The minimum atomic E-state index is 0.527. The summed E-state index contributed by atoms with van der Waals surface area (Å²) in [6.45, 7) is 4.38. The summed E-state index contributed by atoms with van der Waals surface area (Å²) < 4.78 is 0. The minimum Gasteiger partial charge on any atom is -0.290 e. The normalized spacial score (nSPS) is 27.3. The standard InChI is InChI=1S/C8H17N2/c1-3-10(2)8-6-4-5-7-9-8/h8H,3-7H2,1-2H3. The van der Waals surface area contributed by atoms with E-state index < -0.39 is 0 Å². The van der Waals surface area contributed by atoms with Gasteiger partial charge in [0.2, 0.25) is 0 Å². The van der Waals surface area contributed by atoms with E-state index in [-0.39, 0.29) is 0 Å². The van der Waals surface area contributed by atoms with Crippen LogP contribution in [-0.2, 0) is 0 Å². The molecule has 59 valence electrons. The Morgan fingerprint density at radius 1 is 1.50 bits per heavy atom. The molecule has 0 amide bonds. The van der Waals surface area contributed by atoms with Crippen LogP contribution in [-0.4, -0.2) is 31.2 Å². The fourth-order valence-electron chi connectivity index (χ4n) is 1.34. The molecule has 1 rings (SSSR count). The smallest absolute Gasteiger partial charge is 0.0758 e. The molecule has 0 aromatic rings. The van der Waals surface area contributed by atoms with Crippen molar-refractivity contribution in [2.75, 3.05) is 20.1 Å². The second kappa shape index (κ2) is 3.94. The van der Waals surface area contributed by atoms with Crippen LogP contribution in [0.15, 0.2) is 0 Å². The summed E-state index contributed by atoms with van der Waals surface area (Å²) in [5.74, 6) is 0. The van der Waals surface area contributed by atoms with Crippen LogP contribution < -0.4 is 5.32 Å².